The van der Waals surface area contributed by atoms with Gasteiger partial charge in [0.05, 0.1) is 12.6 Å². The van der Waals surface area contributed by atoms with Gasteiger partial charge in [-0.2, -0.15) is 0 Å². The summed E-state index contributed by atoms with van der Waals surface area (Å²) >= 11 is 0. The molecule has 0 aromatic heterocycles. The van der Waals surface area contributed by atoms with E-state index in [4.69, 9.17) is 9.47 Å². The molecule has 1 aromatic rings. The minimum absolute atomic E-state index is 0.0544. The van der Waals surface area contributed by atoms with Gasteiger partial charge in [0, 0.05) is 24.1 Å². The zero-order valence-corrected chi connectivity index (χ0v) is 13.3. The lowest BCUT2D eigenvalue weighted by molar-refractivity contribution is -0.122. The van der Waals surface area contributed by atoms with Crippen molar-refractivity contribution < 1.29 is 14.3 Å². The van der Waals surface area contributed by atoms with Crippen LogP contribution in [-0.2, 0) is 17.8 Å². The summed E-state index contributed by atoms with van der Waals surface area (Å²) in [6.07, 6.45) is 3.09. The lowest BCUT2D eigenvalue weighted by Gasteiger charge is -2.15. The minimum Gasteiger partial charge on any atom is -0.494 e. The van der Waals surface area contributed by atoms with E-state index in [0.717, 1.165) is 42.9 Å². The molecule has 2 heterocycles. The number of ether oxygens (including phenoxy) is 2. The van der Waals surface area contributed by atoms with Crippen molar-refractivity contribution in [1.82, 2.24) is 10.6 Å². The number of benzene rings is 1. The number of hydrogen-bond donors (Lipinski definition) is 2. The number of rotatable bonds is 5. The molecule has 0 radical (unpaired) electrons. The first-order valence-corrected chi connectivity index (χ1v) is 8.13. The van der Waals surface area contributed by atoms with Crippen molar-refractivity contribution in [3.8, 4) is 11.5 Å². The second-order valence-electron chi connectivity index (χ2n) is 6.00. The van der Waals surface area contributed by atoms with Crippen LogP contribution in [0.15, 0.2) is 12.1 Å². The molecule has 22 heavy (non-hydrogen) atoms. The average Bonchev–Trinajstić information content (AvgIpc) is 3.13. The summed E-state index contributed by atoms with van der Waals surface area (Å²) in [6.45, 7) is 6.04. The smallest absolute Gasteiger partial charge is 0.237 e. The maximum Gasteiger partial charge on any atom is 0.237 e. The van der Waals surface area contributed by atoms with E-state index in [1.807, 2.05) is 13.0 Å². The van der Waals surface area contributed by atoms with E-state index in [9.17, 15) is 4.79 Å². The number of carbonyl (C=O) groups is 1. The van der Waals surface area contributed by atoms with Crippen molar-refractivity contribution in [2.75, 3.05) is 13.2 Å². The quantitative estimate of drug-likeness (QED) is 0.870. The van der Waals surface area contributed by atoms with Crippen LogP contribution in [0.2, 0.25) is 0 Å². The van der Waals surface area contributed by atoms with E-state index in [-0.39, 0.29) is 18.1 Å². The van der Waals surface area contributed by atoms with Crippen LogP contribution in [0.1, 0.15) is 37.8 Å². The molecule has 2 aliphatic heterocycles. The van der Waals surface area contributed by atoms with Crippen LogP contribution < -0.4 is 20.1 Å². The Labute approximate surface area is 131 Å². The fourth-order valence-corrected chi connectivity index (χ4v) is 3.12. The molecule has 1 fully saturated rings. The molecule has 0 aliphatic carbocycles. The summed E-state index contributed by atoms with van der Waals surface area (Å²) in [7, 11) is 0. The van der Waals surface area contributed by atoms with E-state index in [2.05, 4.69) is 23.6 Å². The van der Waals surface area contributed by atoms with Crippen molar-refractivity contribution in [3.05, 3.63) is 23.3 Å². The first-order valence-electron chi connectivity index (χ1n) is 8.13. The molecule has 120 valence electrons. The molecule has 2 N–H and O–H groups in total. The molecule has 1 saturated heterocycles. The molecule has 2 unspecified atom stereocenters. The van der Waals surface area contributed by atoms with Crippen molar-refractivity contribution in [1.29, 1.82) is 0 Å². The lowest BCUT2D eigenvalue weighted by Crippen LogP contribution is -2.40. The summed E-state index contributed by atoms with van der Waals surface area (Å²) in [6, 6.07) is 4.00. The van der Waals surface area contributed by atoms with Gasteiger partial charge in [0.25, 0.3) is 0 Å². The zero-order chi connectivity index (χ0) is 15.5. The Bertz CT molecular complexity index is 553. The third kappa shape index (κ3) is 3.19. The molecular formula is C17H24N2O3. The molecular weight excluding hydrogens is 280 g/mol. The van der Waals surface area contributed by atoms with Crippen LogP contribution in [0.4, 0.5) is 0 Å². The molecule has 1 amide bonds. The Hall–Kier alpha value is -1.75. The predicted molar refractivity (Wildman–Crippen MR) is 84.3 cm³/mol. The molecule has 5 nitrogen and oxygen atoms in total. The molecule has 2 atom stereocenters. The number of hydrogen-bond acceptors (Lipinski definition) is 4. The van der Waals surface area contributed by atoms with E-state index in [0.29, 0.717) is 13.2 Å². The van der Waals surface area contributed by atoms with E-state index in [1.165, 1.54) is 5.56 Å². The van der Waals surface area contributed by atoms with Crippen molar-refractivity contribution in [2.45, 2.75) is 51.8 Å². The van der Waals surface area contributed by atoms with Crippen LogP contribution in [-0.4, -0.2) is 31.2 Å². The highest BCUT2D eigenvalue weighted by Gasteiger charge is 2.24. The van der Waals surface area contributed by atoms with Gasteiger partial charge in [-0.25, -0.2) is 0 Å². The Morgan fingerprint density at radius 1 is 1.50 bits per heavy atom. The second kappa shape index (κ2) is 6.57. The normalized spacial score (nSPS) is 23.0. The Morgan fingerprint density at radius 2 is 2.36 bits per heavy atom. The van der Waals surface area contributed by atoms with Crippen molar-refractivity contribution in [3.63, 3.8) is 0 Å². The standard InChI is InChI=1S/C17H24N2O3/c1-3-21-15-8-12-7-11(2)22-16(12)9-13(15)10-19-17(20)14-5-4-6-18-14/h8-9,11,14,18H,3-7,10H2,1-2H3,(H,19,20). The number of carbonyl (C=O) groups excluding carboxylic acids is 1. The highest BCUT2D eigenvalue weighted by atomic mass is 16.5. The first-order chi connectivity index (χ1) is 10.7. The molecule has 2 aliphatic rings. The summed E-state index contributed by atoms with van der Waals surface area (Å²) < 4.78 is 11.5. The second-order valence-corrected chi connectivity index (χ2v) is 6.00. The summed E-state index contributed by atoms with van der Waals surface area (Å²) in [5.41, 5.74) is 2.16. The van der Waals surface area contributed by atoms with Gasteiger partial charge in [0.1, 0.15) is 17.6 Å². The van der Waals surface area contributed by atoms with Crippen LogP contribution in [0.3, 0.4) is 0 Å². The van der Waals surface area contributed by atoms with Crippen LogP contribution in [0, 0.1) is 0 Å². The number of nitrogens with one attached hydrogen (secondary N) is 2. The average molecular weight is 304 g/mol. The third-order valence-electron chi connectivity index (χ3n) is 4.21. The zero-order valence-electron chi connectivity index (χ0n) is 13.3. The van der Waals surface area contributed by atoms with Gasteiger partial charge < -0.3 is 20.1 Å². The molecule has 1 aromatic carbocycles. The Balaban J connectivity index is 1.71. The van der Waals surface area contributed by atoms with Gasteiger partial charge in [-0.15, -0.1) is 0 Å². The maximum atomic E-state index is 12.1. The van der Waals surface area contributed by atoms with Crippen molar-refractivity contribution >= 4 is 5.91 Å². The maximum absolute atomic E-state index is 12.1. The van der Waals surface area contributed by atoms with Gasteiger partial charge in [0.15, 0.2) is 0 Å². The molecule has 0 spiro atoms. The fourth-order valence-electron chi connectivity index (χ4n) is 3.12. The Morgan fingerprint density at radius 3 is 3.09 bits per heavy atom. The highest BCUT2D eigenvalue weighted by molar-refractivity contribution is 5.82. The molecule has 0 saturated carbocycles. The van der Waals surface area contributed by atoms with E-state index in [1.54, 1.807) is 0 Å². The summed E-state index contributed by atoms with van der Waals surface area (Å²) in [5.74, 6) is 1.83. The van der Waals surface area contributed by atoms with Gasteiger partial charge in [-0.1, -0.05) is 0 Å². The Kier molecular flexibility index (Phi) is 4.52. The summed E-state index contributed by atoms with van der Waals surface area (Å²) in [4.78, 5) is 12.1. The summed E-state index contributed by atoms with van der Waals surface area (Å²) in [5, 5.41) is 6.22. The third-order valence-corrected chi connectivity index (χ3v) is 4.21. The molecule has 3 rings (SSSR count). The minimum atomic E-state index is -0.0544. The van der Waals surface area contributed by atoms with Gasteiger partial charge in [0.2, 0.25) is 5.91 Å². The first kappa shape index (κ1) is 15.2. The highest BCUT2D eigenvalue weighted by Crippen LogP contribution is 2.35. The van der Waals surface area contributed by atoms with Gasteiger partial charge in [-0.05, 0) is 45.4 Å². The van der Waals surface area contributed by atoms with Crippen molar-refractivity contribution in [2.24, 2.45) is 0 Å². The van der Waals surface area contributed by atoms with E-state index >= 15 is 0 Å². The predicted octanol–water partition coefficient (Wildman–Crippen LogP) is 1.78. The fraction of sp³-hybridized carbons (Fsp3) is 0.588. The molecule has 0 bridgehead atoms. The number of amides is 1. The SMILES string of the molecule is CCOc1cc2c(cc1CNC(=O)C1CCCN1)OC(C)C2. The van der Waals surface area contributed by atoms with Crippen LogP contribution in [0.25, 0.3) is 0 Å². The van der Waals surface area contributed by atoms with Crippen LogP contribution in [0.5, 0.6) is 11.5 Å². The monoisotopic (exact) mass is 304 g/mol. The number of fused-ring (bicyclic) bond motifs is 1. The van der Waals surface area contributed by atoms with Gasteiger partial charge >= 0.3 is 0 Å². The van der Waals surface area contributed by atoms with E-state index < -0.39 is 0 Å². The largest absolute Gasteiger partial charge is 0.494 e. The van der Waals surface area contributed by atoms with Gasteiger partial charge in [-0.3, -0.25) is 4.79 Å². The lowest BCUT2D eigenvalue weighted by atomic mass is 10.1. The van der Waals surface area contributed by atoms with Crippen LogP contribution >= 0.6 is 0 Å². The molecule has 5 heteroatoms. The topological polar surface area (TPSA) is 59.6 Å².